The Morgan fingerprint density at radius 2 is 2.10 bits per heavy atom. The van der Waals surface area contributed by atoms with Gasteiger partial charge in [-0.15, -0.1) is 0 Å². The van der Waals surface area contributed by atoms with Crippen LogP contribution in [0.5, 0.6) is 0 Å². The van der Waals surface area contributed by atoms with Crippen LogP contribution in [0.1, 0.15) is 18.9 Å². The van der Waals surface area contributed by atoms with Gasteiger partial charge in [-0.05, 0) is 25.0 Å². The molecule has 0 unspecified atom stereocenters. The van der Waals surface area contributed by atoms with Crippen molar-refractivity contribution in [3.63, 3.8) is 0 Å². The van der Waals surface area contributed by atoms with Crippen molar-refractivity contribution < 1.29 is 13.3 Å². The summed E-state index contributed by atoms with van der Waals surface area (Å²) in [6.07, 6.45) is 0.724. The summed E-state index contributed by atoms with van der Waals surface area (Å²) in [4.78, 5) is 10.4. The van der Waals surface area contributed by atoms with Crippen LogP contribution in [0.25, 0.3) is 0 Å². The molecule has 1 aromatic rings. The maximum atomic E-state index is 12.8. The van der Waals surface area contributed by atoms with Crippen LogP contribution in [0, 0.1) is 17.0 Å². The van der Waals surface area contributed by atoms with Gasteiger partial charge in [-0.3, -0.25) is 10.1 Å². The summed E-state index contributed by atoms with van der Waals surface area (Å²) >= 11 is 0. The Bertz CT molecular complexity index is 641. The lowest BCUT2D eigenvalue weighted by molar-refractivity contribution is -0.385. The van der Waals surface area contributed by atoms with Gasteiger partial charge >= 0.3 is 0 Å². The fourth-order valence-corrected chi connectivity index (χ4v) is 4.28. The number of hydrogen-bond donors (Lipinski definition) is 1. The molecule has 1 aliphatic heterocycles. The topological polar surface area (TPSA) is 92.6 Å². The van der Waals surface area contributed by atoms with Crippen LogP contribution in [0.2, 0.25) is 0 Å². The lowest BCUT2D eigenvalue weighted by atomic mass is 10.2. The van der Waals surface area contributed by atoms with Crippen LogP contribution in [0.3, 0.4) is 0 Å². The van der Waals surface area contributed by atoms with Crippen LogP contribution in [-0.2, 0) is 10.0 Å². The molecule has 0 amide bonds. The highest BCUT2D eigenvalue weighted by Gasteiger charge is 2.35. The van der Waals surface area contributed by atoms with Gasteiger partial charge in [0.15, 0.2) is 0 Å². The molecule has 1 aliphatic rings. The van der Waals surface area contributed by atoms with E-state index in [2.05, 4.69) is 5.32 Å². The van der Waals surface area contributed by atoms with Gasteiger partial charge in [0.05, 0.1) is 15.9 Å². The molecule has 1 N–H and O–H groups in total. The van der Waals surface area contributed by atoms with Crippen molar-refractivity contribution in [1.82, 2.24) is 9.62 Å². The van der Waals surface area contributed by atoms with Crippen molar-refractivity contribution in [2.45, 2.75) is 31.2 Å². The molecule has 0 aromatic heterocycles. The Labute approximate surface area is 124 Å². The first-order valence-corrected chi connectivity index (χ1v) is 8.29. The molecule has 0 aliphatic carbocycles. The van der Waals surface area contributed by atoms with Gasteiger partial charge in [0, 0.05) is 31.8 Å². The molecule has 2 rings (SSSR count). The average molecular weight is 313 g/mol. The molecule has 0 atom stereocenters. The molecule has 116 valence electrons. The summed E-state index contributed by atoms with van der Waals surface area (Å²) in [5.74, 6) is 0. The maximum Gasteiger partial charge on any atom is 0.269 e. The van der Waals surface area contributed by atoms with Crippen molar-refractivity contribution in [3.8, 4) is 0 Å². The van der Waals surface area contributed by atoms with Gasteiger partial charge in [0.1, 0.15) is 0 Å². The van der Waals surface area contributed by atoms with Gasteiger partial charge < -0.3 is 5.32 Å². The van der Waals surface area contributed by atoms with Gasteiger partial charge in [-0.1, -0.05) is 6.92 Å². The van der Waals surface area contributed by atoms with E-state index in [0.29, 0.717) is 25.2 Å². The highest BCUT2D eigenvalue weighted by Crippen LogP contribution is 2.26. The number of benzene rings is 1. The number of nitrogens with zero attached hydrogens (tertiary/aromatic N) is 2. The smallest absolute Gasteiger partial charge is 0.269 e. The van der Waals surface area contributed by atoms with Gasteiger partial charge in [-0.2, -0.15) is 4.31 Å². The Morgan fingerprint density at radius 3 is 2.52 bits per heavy atom. The van der Waals surface area contributed by atoms with E-state index in [1.54, 1.807) is 6.92 Å². The van der Waals surface area contributed by atoms with Crippen LogP contribution >= 0.6 is 0 Å². The second kappa shape index (κ2) is 6.08. The predicted octanol–water partition coefficient (Wildman–Crippen LogP) is 1.28. The summed E-state index contributed by atoms with van der Waals surface area (Å²) in [7, 11) is -3.63. The molecule has 0 bridgehead atoms. The average Bonchev–Trinajstić information content (AvgIpc) is 2.35. The van der Waals surface area contributed by atoms with E-state index in [-0.39, 0.29) is 16.6 Å². The highest BCUT2D eigenvalue weighted by atomic mass is 32.2. The molecule has 1 saturated heterocycles. The standard InChI is InChI=1S/C13H19N3O4S/c1-3-6-15(12-8-14-9-12)21(19,20)13-5-4-11(16(17)18)7-10(13)2/h4-5,7,12,14H,3,6,8-9H2,1-2H3. The maximum absolute atomic E-state index is 12.8. The van der Waals surface area contributed by atoms with Crippen molar-refractivity contribution in [1.29, 1.82) is 0 Å². The number of nitro benzene ring substituents is 1. The minimum absolute atomic E-state index is 0.0375. The number of aryl methyl sites for hydroxylation is 1. The van der Waals surface area contributed by atoms with Crippen LogP contribution in [-0.4, -0.2) is 43.3 Å². The van der Waals surface area contributed by atoms with E-state index in [1.807, 2.05) is 6.92 Å². The number of hydrogen-bond acceptors (Lipinski definition) is 5. The van der Waals surface area contributed by atoms with Crippen molar-refractivity contribution in [2.24, 2.45) is 0 Å². The third-order valence-corrected chi connectivity index (χ3v) is 5.68. The summed E-state index contributed by atoms with van der Waals surface area (Å²) in [6, 6.07) is 3.83. The summed E-state index contributed by atoms with van der Waals surface area (Å²) in [6.45, 7) is 5.25. The molecule has 1 heterocycles. The Balaban J connectivity index is 2.39. The Morgan fingerprint density at radius 1 is 1.43 bits per heavy atom. The molecule has 7 nitrogen and oxygen atoms in total. The summed E-state index contributed by atoms with van der Waals surface area (Å²) < 4.78 is 27.1. The van der Waals surface area contributed by atoms with E-state index in [9.17, 15) is 18.5 Å². The second-order valence-corrected chi connectivity index (χ2v) is 6.99. The molecular weight excluding hydrogens is 294 g/mol. The summed E-state index contributed by atoms with van der Waals surface area (Å²) in [5, 5.41) is 13.8. The van der Waals surface area contributed by atoms with E-state index in [1.165, 1.54) is 22.5 Å². The fraction of sp³-hybridized carbons (Fsp3) is 0.538. The fourth-order valence-electron chi connectivity index (χ4n) is 2.36. The minimum Gasteiger partial charge on any atom is -0.313 e. The summed E-state index contributed by atoms with van der Waals surface area (Å²) in [5.41, 5.74) is 0.302. The van der Waals surface area contributed by atoms with Gasteiger partial charge in [0.25, 0.3) is 5.69 Å². The highest BCUT2D eigenvalue weighted by molar-refractivity contribution is 7.89. The largest absolute Gasteiger partial charge is 0.313 e. The number of nitrogens with one attached hydrogen (secondary N) is 1. The van der Waals surface area contributed by atoms with Crippen LogP contribution in [0.15, 0.2) is 23.1 Å². The van der Waals surface area contributed by atoms with E-state index in [4.69, 9.17) is 0 Å². The SMILES string of the molecule is CCCN(C1CNC1)S(=O)(=O)c1ccc([N+](=O)[O-])cc1C. The number of non-ortho nitro benzene ring substituents is 1. The van der Waals surface area contributed by atoms with Crippen molar-refractivity contribution in [3.05, 3.63) is 33.9 Å². The van der Waals surface area contributed by atoms with Crippen molar-refractivity contribution in [2.75, 3.05) is 19.6 Å². The van der Waals surface area contributed by atoms with Gasteiger partial charge in [-0.25, -0.2) is 8.42 Å². The zero-order valence-corrected chi connectivity index (χ0v) is 12.9. The third kappa shape index (κ3) is 3.07. The molecule has 21 heavy (non-hydrogen) atoms. The number of sulfonamides is 1. The van der Waals surface area contributed by atoms with Crippen molar-refractivity contribution >= 4 is 15.7 Å². The minimum atomic E-state index is -3.63. The lowest BCUT2D eigenvalue weighted by Gasteiger charge is -2.37. The number of rotatable bonds is 6. The van der Waals surface area contributed by atoms with Crippen LogP contribution < -0.4 is 5.32 Å². The molecule has 1 aromatic carbocycles. The van der Waals surface area contributed by atoms with E-state index in [0.717, 1.165) is 6.42 Å². The lowest BCUT2D eigenvalue weighted by Crippen LogP contribution is -2.58. The van der Waals surface area contributed by atoms with E-state index >= 15 is 0 Å². The number of nitro groups is 1. The Kier molecular flexibility index (Phi) is 4.60. The Hall–Kier alpha value is -1.51. The molecule has 0 radical (unpaired) electrons. The quantitative estimate of drug-likeness (QED) is 0.631. The van der Waals surface area contributed by atoms with Gasteiger partial charge in [0.2, 0.25) is 10.0 Å². The normalized spacial score (nSPS) is 16.0. The predicted molar refractivity (Wildman–Crippen MR) is 78.7 cm³/mol. The van der Waals surface area contributed by atoms with E-state index < -0.39 is 14.9 Å². The second-order valence-electron chi connectivity index (χ2n) is 5.13. The van der Waals surface area contributed by atoms with Crippen LogP contribution in [0.4, 0.5) is 5.69 Å². The monoisotopic (exact) mass is 313 g/mol. The molecular formula is C13H19N3O4S. The zero-order valence-electron chi connectivity index (χ0n) is 12.1. The first kappa shape index (κ1) is 15.9. The molecule has 1 fully saturated rings. The molecule has 0 saturated carbocycles. The molecule has 8 heteroatoms. The first-order valence-electron chi connectivity index (χ1n) is 6.85. The first-order chi connectivity index (χ1) is 9.87. The third-order valence-electron chi connectivity index (χ3n) is 3.57. The molecule has 0 spiro atoms. The zero-order chi connectivity index (χ0) is 15.6.